The van der Waals surface area contributed by atoms with E-state index in [1.54, 1.807) is 6.08 Å². The molecule has 0 saturated carbocycles. The number of aryl methyl sites for hydroxylation is 3. The molecule has 0 saturated heterocycles. The third kappa shape index (κ3) is 3.59. The fraction of sp³-hybridized carbons (Fsp3) is 0.263. The van der Waals surface area contributed by atoms with Crippen molar-refractivity contribution < 1.29 is 0 Å². The summed E-state index contributed by atoms with van der Waals surface area (Å²) in [6, 6.07) is 6.24. The van der Waals surface area contributed by atoms with Crippen molar-refractivity contribution in [3.05, 3.63) is 65.3 Å². The van der Waals surface area contributed by atoms with Crippen molar-refractivity contribution in [1.29, 1.82) is 0 Å². The average molecular weight is 308 g/mol. The molecule has 0 atom stereocenters. The largest absolute Gasteiger partial charge is 0.384 e. The molecule has 0 fully saturated rings. The van der Waals surface area contributed by atoms with Crippen LogP contribution in [0.1, 0.15) is 30.8 Å². The van der Waals surface area contributed by atoms with E-state index in [1.807, 2.05) is 51.6 Å². The minimum atomic E-state index is 0.499. The number of nitrogens with two attached hydrogens (primary N) is 1. The molecule has 23 heavy (non-hydrogen) atoms. The van der Waals surface area contributed by atoms with E-state index < -0.39 is 0 Å². The topological polar surface area (TPSA) is 56.2 Å². The summed E-state index contributed by atoms with van der Waals surface area (Å²) >= 11 is 0. The highest BCUT2D eigenvalue weighted by atomic mass is 15.0. The Bertz CT molecular complexity index is 854. The van der Waals surface area contributed by atoms with Gasteiger partial charge in [0.05, 0.1) is 0 Å². The molecule has 0 aliphatic heterocycles. The molecular formula is C19H24N4. The molecule has 0 radical (unpaired) electrons. The molecule has 2 aromatic heterocycles. The summed E-state index contributed by atoms with van der Waals surface area (Å²) in [5.74, 6) is 0.499. The maximum absolute atomic E-state index is 5.83. The lowest BCUT2D eigenvalue weighted by Crippen LogP contribution is -2.18. The van der Waals surface area contributed by atoms with Gasteiger partial charge in [-0.25, -0.2) is 4.99 Å². The number of aromatic nitrogens is 2. The molecule has 4 nitrogen and oxygen atoms in total. The minimum absolute atomic E-state index is 0.499. The first-order chi connectivity index (χ1) is 10.8. The Kier molecular flexibility index (Phi) is 4.84. The van der Waals surface area contributed by atoms with Crippen molar-refractivity contribution in [3.63, 3.8) is 0 Å². The van der Waals surface area contributed by atoms with Crippen LogP contribution in [-0.2, 0) is 7.05 Å². The molecule has 0 aliphatic carbocycles. The normalized spacial score (nSPS) is 12.6. The van der Waals surface area contributed by atoms with Gasteiger partial charge in [-0.15, -0.1) is 0 Å². The van der Waals surface area contributed by atoms with Gasteiger partial charge in [0.15, 0.2) is 0 Å². The van der Waals surface area contributed by atoms with Gasteiger partial charge in [0, 0.05) is 30.2 Å². The van der Waals surface area contributed by atoms with Gasteiger partial charge in [-0.2, -0.15) is 0 Å². The van der Waals surface area contributed by atoms with E-state index in [4.69, 9.17) is 5.73 Å². The molecule has 2 aromatic rings. The maximum Gasteiger partial charge on any atom is 0.135 e. The van der Waals surface area contributed by atoms with E-state index in [2.05, 4.69) is 28.7 Å². The van der Waals surface area contributed by atoms with Gasteiger partial charge in [-0.3, -0.25) is 4.98 Å². The maximum atomic E-state index is 5.83. The number of hydrogen-bond acceptors (Lipinski definition) is 3. The number of nitrogens with zero attached hydrogens (tertiary/aromatic N) is 3. The van der Waals surface area contributed by atoms with E-state index in [-0.39, 0.29) is 0 Å². The molecule has 2 rings (SSSR count). The zero-order chi connectivity index (χ0) is 17.1. The van der Waals surface area contributed by atoms with Crippen LogP contribution in [0.5, 0.6) is 0 Å². The fourth-order valence-corrected chi connectivity index (χ4v) is 2.48. The van der Waals surface area contributed by atoms with E-state index in [0.29, 0.717) is 5.82 Å². The molecule has 4 heteroatoms. The van der Waals surface area contributed by atoms with Crippen molar-refractivity contribution in [1.82, 2.24) is 9.55 Å². The number of pyridine rings is 2. The van der Waals surface area contributed by atoms with Crippen molar-refractivity contribution >= 4 is 5.57 Å². The number of allylic oxidation sites excluding steroid dienone is 2. The quantitative estimate of drug-likeness (QED) is 0.944. The predicted molar refractivity (Wildman–Crippen MR) is 96.3 cm³/mol. The molecule has 120 valence electrons. The van der Waals surface area contributed by atoms with E-state index in [0.717, 1.165) is 39.1 Å². The first-order valence-corrected chi connectivity index (χ1v) is 7.61. The lowest BCUT2D eigenvalue weighted by atomic mass is 9.99. The van der Waals surface area contributed by atoms with Crippen molar-refractivity contribution in [2.75, 3.05) is 0 Å². The minimum Gasteiger partial charge on any atom is -0.384 e. The van der Waals surface area contributed by atoms with Gasteiger partial charge in [0.25, 0.3) is 0 Å². The SMILES string of the molecule is C=C(C)c1cc(-c2ccn(C)c(=NC(N)=CC)c2)c(C)nc1C. The lowest BCUT2D eigenvalue weighted by Gasteiger charge is -2.12. The summed E-state index contributed by atoms with van der Waals surface area (Å²) in [7, 11) is 1.95. The van der Waals surface area contributed by atoms with Crippen LogP contribution >= 0.6 is 0 Å². The van der Waals surface area contributed by atoms with Gasteiger partial charge < -0.3 is 10.3 Å². The lowest BCUT2D eigenvalue weighted by molar-refractivity contribution is 0.825. The van der Waals surface area contributed by atoms with Crippen LogP contribution in [0.2, 0.25) is 0 Å². The van der Waals surface area contributed by atoms with Gasteiger partial charge in [0.1, 0.15) is 11.3 Å². The zero-order valence-electron chi connectivity index (χ0n) is 14.5. The highest BCUT2D eigenvalue weighted by Crippen LogP contribution is 2.26. The van der Waals surface area contributed by atoms with E-state index in [9.17, 15) is 0 Å². The smallest absolute Gasteiger partial charge is 0.135 e. The van der Waals surface area contributed by atoms with Gasteiger partial charge in [-0.05, 0) is 68.7 Å². The Labute approximate surface area is 137 Å². The molecule has 0 aromatic carbocycles. The predicted octanol–water partition coefficient (Wildman–Crippen LogP) is 3.46. The van der Waals surface area contributed by atoms with Gasteiger partial charge in [0.2, 0.25) is 0 Å². The zero-order valence-corrected chi connectivity index (χ0v) is 14.5. The second kappa shape index (κ2) is 6.65. The summed E-state index contributed by atoms with van der Waals surface area (Å²) in [4.78, 5) is 9.10. The Hall–Kier alpha value is -2.62. The summed E-state index contributed by atoms with van der Waals surface area (Å²) in [5, 5.41) is 0. The first-order valence-electron chi connectivity index (χ1n) is 7.61. The fourth-order valence-electron chi connectivity index (χ4n) is 2.48. The van der Waals surface area contributed by atoms with Crippen molar-refractivity contribution in [2.45, 2.75) is 27.7 Å². The molecule has 0 amide bonds. The average Bonchev–Trinajstić information content (AvgIpc) is 2.49. The summed E-state index contributed by atoms with van der Waals surface area (Å²) in [6.07, 6.45) is 3.77. The van der Waals surface area contributed by atoms with Crippen molar-refractivity contribution in [2.24, 2.45) is 17.8 Å². The van der Waals surface area contributed by atoms with Crippen LogP contribution in [0.15, 0.2) is 47.9 Å². The summed E-state index contributed by atoms with van der Waals surface area (Å²) < 4.78 is 1.94. The molecule has 0 aliphatic rings. The van der Waals surface area contributed by atoms with Crippen LogP contribution in [0.3, 0.4) is 0 Å². The monoisotopic (exact) mass is 308 g/mol. The number of rotatable bonds is 3. The third-order valence-corrected chi connectivity index (χ3v) is 3.84. The Morgan fingerprint density at radius 3 is 2.61 bits per heavy atom. The standard InChI is InChI=1S/C19H24N4/c1-7-18(20)22-19-10-15(8-9-23(19)6)17-11-16(12(2)3)13(4)21-14(17)5/h7-11H,2,20H2,1,3-6H3. The first kappa shape index (κ1) is 16.7. The highest BCUT2D eigenvalue weighted by molar-refractivity contribution is 5.73. The Morgan fingerprint density at radius 2 is 2.00 bits per heavy atom. The van der Waals surface area contributed by atoms with Gasteiger partial charge >= 0.3 is 0 Å². The van der Waals surface area contributed by atoms with Crippen LogP contribution < -0.4 is 11.2 Å². The molecular weight excluding hydrogens is 284 g/mol. The molecule has 2 N–H and O–H groups in total. The van der Waals surface area contributed by atoms with Gasteiger partial charge in [-0.1, -0.05) is 6.58 Å². The van der Waals surface area contributed by atoms with E-state index in [1.165, 1.54) is 0 Å². The van der Waals surface area contributed by atoms with Crippen LogP contribution in [0.4, 0.5) is 0 Å². The third-order valence-electron chi connectivity index (χ3n) is 3.84. The molecule has 2 heterocycles. The summed E-state index contributed by atoms with van der Waals surface area (Å²) in [6.45, 7) is 12.0. The van der Waals surface area contributed by atoms with Crippen LogP contribution in [-0.4, -0.2) is 9.55 Å². The molecule has 0 unspecified atom stereocenters. The molecule has 0 bridgehead atoms. The highest BCUT2D eigenvalue weighted by Gasteiger charge is 2.09. The number of hydrogen-bond donors (Lipinski definition) is 1. The molecule has 0 spiro atoms. The second-order valence-corrected chi connectivity index (χ2v) is 5.74. The summed E-state index contributed by atoms with van der Waals surface area (Å²) in [5.41, 5.74) is 12.9. The second-order valence-electron chi connectivity index (χ2n) is 5.74. The van der Waals surface area contributed by atoms with Crippen LogP contribution in [0.25, 0.3) is 16.7 Å². The van der Waals surface area contributed by atoms with Crippen molar-refractivity contribution in [3.8, 4) is 11.1 Å². The van der Waals surface area contributed by atoms with E-state index >= 15 is 0 Å². The Morgan fingerprint density at radius 1 is 1.30 bits per heavy atom. The van der Waals surface area contributed by atoms with Crippen LogP contribution in [0, 0.1) is 13.8 Å². The Balaban J connectivity index is 2.69.